The number of likely N-dealkylation sites (N-methyl/N-ethyl adjacent to an activating group) is 1. The van der Waals surface area contributed by atoms with E-state index >= 15 is 0 Å². The van der Waals surface area contributed by atoms with Crippen molar-refractivity contribution in [3.8, 4) is 0 Å². The molecule has 1 aliphatic heterocycles. The van der Waals surface area contributed by atoms with Crippen molar-refractivity contribution in [2.45, 2.75) is 51.0 Å². The van der Waals surface area contributed by atoms with Crippen LogP contribution >= 0.6 is 11.3 Å². The maximum Gasteiger partial charge on any atom is 0.239 e. The lowest BCUT2D eigenvalue weighted by Crippen LogP contribution is -2.41. The number of carbonyl (C=O) groups is 2. The number of hydrogen-bond donors (Lipinski definition) is 1. The number of hydrogen-bond acceptors (Lipinski definition) is 6. The van der Waals surface area contributed by atoms with Gasteiger partial charge in [0.25, 0.3) is 0 Å². The highest BCUT2D eigenvalue weighted by Gasteiger charge is 2.26. The Bertz CT molecular complexity index is 570. The smallest absolute Gasteiger partial charge is 0.239 e. The van der Waals surface area contributed by atoms with Gasteiger partial charge in [-0.3, -0.25) is 14.5 Å². The van der Waals surface area contributed by atoms with Crippen molar-refractivity contribution < 1.29 is 9.59 Å². The standard InChI is InChI=1S/C15H23N5O2S/c1-19(10-12(21)16-11-6-3-2-4-7-11)14-17-18-15(23-14)20-9-5-8-13(20)22/h11H,2-10H2,1H3,(H,16,21). The van der Waals surface area contributed by atoms with E-state index < -0.39 is 0 Å². The number of nitrogens with zero attached hydrogens (tertiary/aromatic N) is 4. The van der Waals surface area contributed by atoms with Crippen molar-refractivity contribution in [3.05, 3.63) is 0 Å². The van der Waals surface area contributed by atoms with E-state index in [-0.39, 0.29) is 18.4 Å². The van der Waals surface area contributed by atoms with Gasteiger partial charge in [-0.2, -0.15) is 0 Å². The fourth-order valence-electron chi connectivity index (χ4n) is 3.13. The normalized spacial score (nSPS) is 19.2. The van der Waals surface area contributed by atoms with Gasteiger partial charge in [0.05, 0.1) is 6.54 Å². The summed E-state index contributed by atoms with van der Waals surface area (Å²) in [4.78, 5) is 27.4. The summed E-state index contributed by atoms with van der Waals surface area (Å²) in [5.41, 5.74) is 0. The minimum absolute atomic E-state index is 0.0217. The molecular weight excluding hydrogens is 314 g/mol. The molecule has 0 unspecified atom stereocenters. The van der Waals surface area contributed by atoms with Gasteiger partial charge < -0.3 is 10.2 Å². The molecule has 1 aliphatic carbocycles. The van der Waals surface area contributed by atoms with Gasteiger partial charge in [-0.15, -0.1) is 10.2 Å². The van der Waals surface area contributed by atoms with Crippen molar-refractivity contribution in [2.75, 3.05) is 29.9 Å². The van der Waals surface area contributed by atoms with Gasteiger partial charge in [0, 0.05) is 26.1 Å². The lowest BCUT2D eigenvalue weighted by Gasteiger charge is -2.24. The number of rotatable bonds is 5. The summed E-state index contributed by atoms with van der Waals surface area (Å²) < 4.78 is 0. The first-order valence-corrected chi connectivity index (χ1v) is 9.09. The van der Waals surface area contributed by atoms with E-state index in [4.69, 9.17) is 0 Å². The summed E-state index contributed by atoms with van der Waals surface area (Å²) in [5, 5.41) is 12.6. The molecule has 23 heavy (non-hydrogen) atoms. The molecule has 0 atom stereocenters. The summed E-state index contributed by atoms with van der Waals surface area (Å²) in [6.07, 6.45) is 7.27. The lowest BCUT2D eigenvalue weighted by atomic mass is 9.95. The zero-order valence-electron chi connectivity index (χ0n) is 13.5. The molecular formula is C15H23N5O2S. The fourth-order valence-corrected chi connectivity index (χ4v) is 3.98. The van der Waals surface area contributed by atoms with E-state index in [2.05, 4.69) is 15.5 Å². The molecule has 1 saturated carbocycles. The van der Waals surface area contributed by atoms with Crippen LogP contribution in [0, 0.1) is 0 Å². The van der Waals surface area contributed by atoms with E-state index in [0.29, 0.717) is 29.3 Å². The van der Waals surface area contributed by atoms with Crippen molar-refractivity contribution in [2.24, 2.45) is 0 Å². The highest BCUT2D eigenvalue weighted by atomic mass is 32.1. The van der Waals surface area contributed by atoms with E-state index in [0.717, 1.165) is 19.3 Å². The van der Waals surface area contributed by atoms with Crippen molar-refractivity contribution in [3.63, 3.8) is 0 Å². The largest absolute Gasteiger partial charge is 0.352 e. The van der Waals surface area contributed by atoms with Crippen LogP contribution in [-0.4, -0.2) is 48.2 Å². The van der Waals surface area contributed by atoms with Crippen LogP contribution in [0.5, 0.6) is 0 Å². The molecule has 3 rings (SSSR count). The second-order valence-electron chi connectivity index (χ2n) is 6.27. The summed E-state index contributed by atoms with van der Waals surface area (Å²) in [6.45, 7) is 0.971. The molecule has 1 aromatic rings. The molecule has 8 heteroatoms. The predicted octanol–water partition coefficient (Wildman–Crippen LogP) is 1.55. The summed E-state index contributed by atoms with van der Waals surface area (Å²) in [5.74, 6) is 0.124. The van der Waals surface area contributed by atoms with E-state index in [9.17, 15) is 9.59 Å². The Morgan fingerprint density at radius 3 is 2.78 bits per heavy atom. The number of carbonyl (C=O) groups excluding carboxylic acids is 2. The zero-order chi connectivity index (χ0) is 16.2. The fraction of sp³-hybridized carbons (Fsp3) is 0.733. The average Bonchev–Trinajstić information content (AvgIpc) is 3.16. The first-order valence-electron chi connectivity index (χ1n) is 8.28. The third-order valence-electron chi connectivity index (χ3n) is 4.39. The highest BCUT2D eigenvalue weighted by molar-refractivity contribution is 7.19. The van der Waals surface area contributed by atoms with Gasteiger partial charge in [0.1, 0.15) is 0 Å². The minimum Gasteiger partial charge on any atom is -0.352 e. The Kier molecular flexibility index (Phi) is 5.09. The molecule has 1 aromatic heterocycles. The maximum atomic E-state index is 12.1. The van der Waals surface area contributed by atoms with E-state index in [1.54, 1.807) is 9.80 Å². The summed E-state index contributed by atoms with van der Waals surface area (Å²) in [7, 11) is 1.83. The quantitative estimate of drug-likeness (QED) is 0.882. The molecule has 2 fully saturated rings. The van der Waals surface area contributed by atoms with E-state index in [1.807, 2.05) is 7.05 Å². The van der Waals surface area contributed by atoms with Crippen LogP contribution in [0.4, 0.5) is 10.3 Å². The first kappa shape index (κ1) is 16.2. The number of amides is 2. The van der Waals surface area contributed by atoms with Gasteiger partial charge in [-0.1, -0.05) is 30.6 Å². The molecule has 2 amide bonds. The molecule has 2 aliphatic rings. The van der Waals surface area contributed by atoms with Crippen molar-refractivity contribution >= 4 is 33.4 Å². The second kappa shape index (κ2) is 7.25. The van der Waals surface area contributed by atoms with Crippen LogP contribution in [0.1, 0.15) is 44.9 Å². The van der Waals surface area contributed by atoms with Crippen LogP contribution in [-0.2, 0) is 9.59 Å². The number of anilines is 2. The molecule has 0 aromatic carbocycles. The van der Waals surface area contributed by atoms with Gasteiger partial charge in [0.2, 0.25) is 22.1 Å². The Hall–Kier alpha value is -1.70. The topological polar surface area (TPSA) is 78.4 Å². The van der Waals surface area contributed by atoms with Crippen molar-refractivity contribution in [1.29, 1.82) is 0 Å². The third kappa shape index (κ3) is 3.99. The van der Waals surface area contributed by atoms with Gasteiger partial charge >= 0.3 is 0 Å². The number of aromatic nitrogens is 2. The monoisotopic (exact) mass is 337 g/mol. The van der Waals surface area contributed by atoms with Gasteiger partial charge in [0.15, 0.2) is 0 Å². The molecule has 0 spiro atoms. The third-order valence-corrected chi connectivity index (χ3v) is 5.45. The zero-order valence-corrected chi connectivity index (χ0v) is 14.3. The van der Waals surface area contributed by atoms with Crippen LogP contribution in [0.2, 0.25) is 0 Å². The number of nitrogens with one attached hydrogen (secondary N) is 1. The molecule has 0 bridgehead atoms. The molecule has 1 saturated heterocycles. The van der Waals surface area contributed by atoms with Crippen LogP contribution in [0.15, 0.2) is 0 Å². The highest BCUT2D eigenvalue weighted by Crippen LogP contribution is 2.29. The maximum absolute atomic E-state index is 12.1. The lowest BCUT2D eigenvalue weighted by molar-refractivity contribution is -0.120. The second-order valence-corrected chi connectivity index (χ2v) is 7.21. The molecule has 2 heterocycles. The molecule has 0 radical (unpaired) electrons. The van der Waals surface area contributed by atoms with E-state index in [1.165, 1.54) is 30.6 Å². The molecule has 7 nitrogen and oxygen atoms in total. The SMILES string of the molecule is CN(CC(=O)NC1CCCCC1)c1nnc(N2CCCC2=O)s1. The predicted molar refractivity (Wildman–Crippen MR) is 89.8 cm³/mol. The Balaban J connectivity index is 1.53. The average molecular weight is 337 g/mol. The first-order chi connectivity index (χ1) is 11.1. The summed E-state index contributed by atoms with van der Waals surface area (Å²) >= 11 is 1.36. The van der Waals surface area contributed by atoms with Crippen LogP contribution in [0.3, 0.4) is 0 Å². The van der Waals surface area contributed by atoms with Crippen LogP contribution < -0.4 is 15.1 Å². The Morgan fingerprint density at radius 2 is 2.09 bits per heavy atom. The Labute approximate surface area is 140 Å². The summed E-state index contributed by atoms with van der Waals surface area (Å²) in [6, 6.07) is 0.317. The van der Waals surface area contributed by atoms with Crippen molar-refractivity contribution in [1.82, 2.24) is 15.5 Å². The van der Waals surface area contributed by atoms with Gasteiger partial charge in [-0.25, -0.2) is 0 Å². The Morgan fingerprint density at radius 1 is 1.30 bits per heavy atom. The van der Waals surface area contributed by atoms with Crippen LogP contribution in [0.25, 0.3) is 0 Å². The van der Waals surface area contributed by atoms with Gasteiger partial charge in [-0.05, 0) is 19.3 Å². The molecule has 1 N–H and O–H groups in total. The minimum atomic E-state index is 0.0217. The molecule has 126 valence electrons.